The first-order valence-corrected chi connectivity index (χ1v) is 11.0. The Morgan fingerprint density at radius 1 is 1.11 bits per heavy atom. The summed E-state index contributed by atoms with van der Waals surface area (Å²) in [4.78, 5) is 14.4. The Morgan fingerprint density at radius 3 is 2.37 bits per heavy atom. The van der Waals surface area contributed by atoms with Crippen LogP contribution in [0.25, 0.3) is 0 Å². The molecule has 2 heterocycles. The number of benzene rings is 1. The summed E-state index contributed by atoms with van der Waals surface area (Å²) in [7, 11) is -3.61. The van der Waals surface area contributed by atoms with E-state index in [1.807, 2.05) is 0 Å². The zero-order valence-corrected chi connectivity index (χ0v) is 17.7. The van der Waals surface area contributed by atoms with Gasteiger partial charge in [0.15, 0.2) is 0 Å². The number of carbonyl (C=O) groups excluding carboxylic acids is 1. The second kappa shape index (κ2) is 10.1. The average molecular weight is 436 g/mol. The Labute approximate surface area is 172 Å². The van der Waals surface area contributed by atoms with Crippen molar-refractivity contribution in [3.8, 4) is 0 Å². The summed E-state index contributed by atoms with van der Waals surface area (Å²) in [5.74, 6) is 0.764. The van der Waals surface area contributed by atoms with E-state index in [1.54, 1.807) is 23.1 Å². The van der Waals surface area contributed by atoms with Crippen molar-refractivity contribution in [2.45, 2.75) is 30.6 Å². The van der Waals surface area contributed by atoms with Crippen LogP contribution in [0.3, 0.4) is 0 Å². The fourth-order valence-electron chi connectivity index (χ4n) is 3.63. The van der Waals surface area contributed by atoms with Gasteiger partial charge in [-0.15, -0.1) is 12.4 Å². The molecule has 2 aliphatic heterocycles. The van der Waals surface area contributed by atoms with Gasteiger partial charge in [0.05, 0.1) is 5.02 Å². The van der Waals surface area contributed by atoms with E-state index in [9.17, 15) is 13.2 Å². The van der Waals surface area contributed by atoms with Gasteiger partial charge >= 0.3 is 0 Å². The smallest absolute Gasteiger partial charge is 0.244 e. The maximum Gasteiger partial charge on any atom is 0.244 e. The molecule has 0 bridgehead atoms. The number of hydrogen-bond acceptors (Lipinski definition) is 4. The van der Waals surface area contributed by atoms with E-state index in [1.165, 1.54) is 10.4 Å². The number of halogens is 2. The molecule has 3 rings (SSSR count). The number of nitrogens with zero attached hydrogens (tertiary/aromatic N) is 2. The van der Waals surface area contributed by atoms with Gasteiger partial charge in [0, 0.05) is 32.6 Å². The van der Waals surface area contributed by atoms with Crippen molar-refractivity contribution in [3.63, 3.8) is 0 Å². The van der Waals surface area contributed by atoms with Crippen molar-refractivity contribution in [2.75, 3.05) is 39.3 Å². The van der Waals surface area contributed by atoms with Crippen LogP contribution in [0.15, 0.2) is 29.2 Å². The molecule has 1 aromatic carbocycles. The van der Waals surface area contributed by atoms with Gasteiger partial charge < -0.3 is 10.2 Å². The lowest BCUT2D eigenvalue weighted by Crippen LogP contribution is -2.50. The SMILES string of the molecule is Cl.O=C(CCC1CCNCC1)N1CCN(S(=O)(=O)c2ccccc2Cl)CC1. The molecule has 27 heavy (non-hydrogen) atoms. The predicted octanol–water partition coefficient (Wildman–Crippen LogP) is 2.37. The molecule has 1 N–H and O–H groups in total. The molecule has 9 heteroatoms. The molecule has 0 aliphatic carbocycles. The first-order valence-electron chi connectivity index (χ1n) is 9.21. The summed E-state index contributed by atoms with van der Waals surface area (Å²) in [5, 5.41) is 3.56. The molecule has 2 fully saturated rings. The maximum absolute atomic E-state index is 12.7. The highest BCUT2D eigenvalue weighted by atomic mass is 35.5. The Balaban J connectivity index is 0.00000261. The Bertz CT molecular complexity index is 731. The first-order chi connectivity index (χ1) is 12.5. The minimum absolute atomic E-state index is 0. The topological polar surface area (TPSA) is 69.7 Å². The summed E-state index contributed by atoms with van der Waals surface area (Å²) in [6, 6.07) is 6.48. The third-order valence-corrected chi connectivity index (χ3v) is 7.67. The fourth-order valence-corrected chi connectivity index (χ4v) is 5.54. The molecule has 0 atom stereocenters. The van der Waals surface area contributed by atoms with Crippen molar-refractivity contribution in [2.24, 2.45) is 5.92 Å². The van der Waals surface area contributed by atoms with Gasteiger partial charge in [0.1, 0.15) is 4.90 Å². The van der Waals surface area contributed by atoms with Gasteiger partial charge in [-0.25, -0.2) is 8.42 Å². The summed E-state index contributed by atoms with van der Waals surface area (Å²) < 4.78 is 26.9. The molecule has 0 unspecified atom stereocenters. The van der Waals surface area contributed by atoms with Crippen molar-refractivity contribution >= 4 is 39.9 Å². The second-order valence-electron chi connectivity index (χ2n) is 6.95. The number of piperidine rings is 1. The van der Waals surface area contributed by atoms with E-state index in [0.717, 1.165) is 32.4 Å². The van der Waals surface area contributed by atoms with Crippen molar-refractivity contribution in [1.82, 2.24) is 14.5 Å². The average Bonchev–Trinajstić information content (AvgIpc) is 2.67. The summed E-state index contributed by atoms with van der Waals surface area (Å²) in [5.41, 5.74) is 0. The maximum atomic E-state index is 12.7. The first kappa shape index (κ1) is 22.4. The Morgan fingerprint density at radius 2 is 1.74 bits per heavy atom. The van der Waals surface area contributed by atoms with Crippen LogP contribution >= 0.6 is 24.0 Å². The van der Waals surface area contributed by atoms with Gasteiger partial charge in [0.25, 0.3) is 0 Å². The van der Waals surface area contributed by atoms with Crippen LogP contribution in [0.1, 0.15) is 25.7 Å². The number of carbonyl (C=O) groups is 1. The normalized spacial score (nSPS) is 19.5. The molecule has 0 aromatic heterocycles. The number of rotatable bonds is 5. The Hall–Kier alpha value is -0.860. The third kappa shape index (κ3) is 5.57. The highest BCUT2D eigenvalue weighted by Crippen LogP contribution is 2.25. The highest BCUT2D eigenvalue weighted by Gasteiger charge is 2.31. The minimum atomic E-state index is -3.61. The van der Waals surface area contributed by atoms with Crippen LogP contribution in [0, 0.1) is 5.92 Å². The lowest BCUT2D eigenvalue weighted by molar-refractivity contribution is -0.132. The molecule has 0 saturated carbocycles. The van der Waals surface area contributed by atoms with Crippen LogP contribution in [0.4, 0.5) is 0 Å². The van der Waals surface area contributed by atoms with Crippen LogP contribution in [-0.4, -0.2) is 62.8 Å². The lowest BCUT2D eigenvalue weighted by Gasteiger charge is -2.34. The number of sulfonamides is 1. The standard InChI is InChI=1S/C18H26ClN3O3S.ClH/c19-16-3-1-2-4-17(16)26(24,25)22-13-11-21(12-14-22)18(23)6-5-15-7-9-20-10-8-15;/h1-4,15,20H,5-14H2;1H. The lowest BCUT2D eigenvalue weighted by atomic mass is 9.93. The largest absolute Gasteiger partial charge is 0.340 e. The molecule has 0 radical (unpaired) electrons. The van der Waals surface area contributed by atoms with Crippen LogP contribution < -0.4 is 5.32 Å². The number of amides is 1. The molecule has 2 saturated heterocycles. The second-order valence-corrected chi connectivity index (χ2v) is 9.26. The molecule has 2 aliphatic rings. The van der Waals surface area contributed by atoms with Crippen LogP contribution in [-0.2, 0) is 14.8 Å². The van der Waals surface area contributed by atoms with E-state index in [4.69, 9.17) is 11.6 Å². The number of nitrogens with one attached hydrogen (secondary N) is 1. The van der Waals surface area contributed by atoms with Gasteiger partial charge in [-0.3, -0.25) is 4.79 Å². The molecular formula is C18H27Cl2N3O3S. The van der Waals surface area contributed by atoms with Crippen molar-refractivity contribution < 1.29 is 13.2 Å². The van der Waals surface area contributed by atoms with E-state index >= 15 is 0 Å². The number of piperazine rings is 1. The molecular weight excluding hydrogens is 409 g/mol. The van der Waals surface area contributed by atoms with Gasteiger partial charge in [-0.05, 0) is 50.4 Å². The summed E-state index contributed by atoms with van der Waals surface area (Å²) in [6.45, 7) is 3.58. The Kier molecular flexibility index (Phi) is 8.37. The minimum Gasteiger partial charge on any atom is -0.340 e. The van der Waals surface area contributed by atoms with Gasteiger partial charge in [-0.2, -0.15) is 4.31 Å². The summed E-state index contributed by atoms with van der Waals surface area (Å²) >= 11 is 6.05. The quantitative estimate of drug-likeness (QED) is 0.770. The van der Waals surface area contributed by atoms with E-state index < -0.39 is 10.0 Å². The van der Waals surface area contributed by atoms with E-state index in [2.05, 4.69) is 5.32 Å². The molecule has 0 spiro atoms. The zero-order chi connectivity index (χ0) is 18.6. The van der Waals surface area contributed by atoms with Crippen molar-refractivity contribution in [3.05, 3.63) is 29.3 Å². The molecule has 6 nitrogen and oxygen atoms in total. The molecule has 1 amide bonds. The number of hydrogen-bond donors (Lipinski definition) is 1. The highest BCUT2D eigenvalue weighted by molar-refractivity contribution is 7.89. The molecule has 152 valence electrons. The monoisotopic (exact) mass is 435 g/mol. The fraction of sp³-hybridized carbons (Fsp3) is 0.611. The third-order valence-electron chi connectivity index (χ3n) is 5.27. The van der Waals surface area contributed by atoms with Gasteiger partial charge in [0.2, 0.25) is 15.9 Å². The molecule has 1 aromatic rings. The van der Waals surface area contributed by atoms with Crippen molar-refractivity contribution in [1.29, 1.82) is 0 Å². The van der Waals surface area contributed by atoms with E-state index in [-0.39, 0.29) is 28.2 Å². The van der Waals surface area contributed by atoms with Gasteiger partial charge in [-0.1, -0.05) is 23.7 Å². The van der Waals surface area contributed by atoms with E-state index in [0.29, 0.717) is 38.5 Å². The zero-order valence-electron chi connectivity index (χ0n) is 15.3. The summed E-state index contributed by atoms with van der Waals surface area (Å²) in [6.07, 6.45) is 3.76. The van der Waals surface area contributed by atoms with Crippen LogP contribution in [0.5, 0.6) is 0 Å². The predicted molar refractivity (Wildman–Crippen MR) is 109 cm³/mol. The van der Waals surface area contributed by atoms with Crippen LogP contribution in [0.2, 0.25) is 5.02 Å².